The van der Waals surface area contributed by atoms with Gasteiger partial charge in [-0.25, -0.2) is 0 Å². The molecule has 0 saturated carbocycles. The fourth-order valence-electron chi connectivity index (χ4n) is 0.814. The lowest BCUT2D eigenvalue weighted by atomic mass is 10.5. The van der Waals surface area contributed by atoms with E-state index in [1.54, 1.807) is 13.8 Å². The Hall–Kier alpha value is -0.100. The van der Waals surface area contributed by atoms with Crippen molar-refractivity contribution in [3.05, 3.63) is 0 Å². The van der Waals surface area contributed by atoms with Crippen molar-refractivity contribution >= 4 is 7.60 Å². The van der Waals surface area contributed by atoms with E-state index in [2.05, 4.69) is 9.05 Å². The zero-order valence-electron chi connectivity index (χ0n) is 9.29. The Balaban J connectivity index is 4.70. The lowest BCUT2D eigenvalue weighted by Crippen LogP contribution is -2.38. The summed E-state index contributed by atoms with van der Waals surface area (Å²) in [5.41, 5.74) is 4.87. The van der Waals surface area contributed by atoms with Crippen LogP contribution >= 0.6 is 7.60 Å². The second kappa shape index (κ2) is 6.59. The van der Waals surface area contributed by atoms with Crippen LogP contribution in [0.4, 0.5) is 13.2 Å². The average molecular weight is 263 g/mol. The van der Waals surface area contributed by atoms with Crippen molar-refractivity contribution in [2.75, 3.05) is 13.2 Å². The zero-order chi connectivity index (χ0) is 12.8. The Morgan fingerprint density at radius 3 is 1.81 bits per heavy atom. The molecule has 4 nitrogen and oxygen atoms in total. The van der Waals surface area contributed by atoms with E-state index >= 15 is 0 Å². The SMILES string of the molecule is CCCOP(=O)(OCCC)C(N)C(F)(F)F. The third-order valence-corrected chi connectivity index (χ3v) is 3.69. The molecule has 0 spiro atoms. The number of hydrogen-bond acceptors (Lipinski definition) is 4. The fourth-order valence-corrected chi connectivity index (χ4v) is 2.44. The van der Waals surface area contributed by atoms with Gasteiger partial charge in [0, 0.05) is 0 Å². The van der Waals surface area contributed by atoms with Crippen LogP contribution in [0.5, 0.6) is 0 Å². The summed E-state index contributed by atoms with van der Waals surface area (Å²) in [5, 5.41) is 0. The highest BCUT2D eigenvalue weighted by molar-refractivity contribution is 7.54. The largest absolute Gasteiger partial charge is 0.415 e. The van der Waals surface area contributed by atoms with Gasteiger partial charge in [0.25, 0.3) is 0 Å². The number of alkyl halides is 3. The molecule has 0 radical (unpaired) electrons. The first-order chi connectivity index (χ1) is 7.28. The van der Waals surface area contributed by atoms with Crippen molar-refractivity contribution in [2.24, 2.45) is 5.73 Å². The summed E-state index contributed by atoms with van der Waals surface area (Å²) >= 11 is 0. The van der Waals surface area contributed by atoms with E-state index in [0.717, 1.165) is 0 Å². The summed E-state index contributed by atoms with van der Waals surface area (Å²) in [6.45, 7) is 3.21. The molecule has 2 N–H and O–H groups in total. The predicted octanol–water partition coefficient (Wildman–Crippen LogP) is 2.88. The van der Waals surface area contributed by atoms with Gasteiger partial charge in [-0.2, -0.15) is 13.2 Å². The van der Waals surface area contributed by atoms with Crippen LogP contribution in [0.1, 0.15) is 26.7 Å². The normalized spacial score (nSPS) is 15.1. The number of rotatable bonds is 7. The number of halogens is 3. The van der Waals surface area contributed by atoms with E-state index in [-0.39, 0.29) is 13.2 Å². The molecule has 1 unspecified atom stereocenters. The fraction of sp³-hybridized carbons (Fsp3) is 1.00. The minimum atomic E-state index is -4.79. The van der Waals surface area contributed by atoms with Gasteiger partial charge in [0.1, 0.15) is 0 Å². The molecule has 0 aliphatic carbocycles. The molecule has 0 heterocycles. The minimum Gasteiger partial charge on any atom is -0.310 e. The summed E-state index contributed by atoms with van der Waals surface area (Å²) in [6, 6.07) is 0. The molecule has 0 fully saturated rings. The van der Waals surface area contributed by atoms with Gasteiger partial charge in [-0.3, -0.25) is 4.57 Å². The van der Waals surface area contributed by atoms with Gasteiger partial charge in [-0.15, -0.1) is 0 Å². The van der Waals surface area contributed by atoms with Gasteiger partial charge in [0.2, 0.25) is 5.78 Å². The molecule has 98 valence electrons. The van der Waals surface area contributed by atoms with E-state index in [0.29, 0.717) is 12.8 Å². The maximum atomic E-state index is 12.3. The molecule has 0 aliphatic heterocycles. The first kappa shape index (κ1) is 15.9. The smallest absolute Gasteiger partial charge is 0.310 e. The summed E-state index contributed by atoms with van der Waals surface area (Å²) in [6.07, 6.45) is -3.93. The topological polar surface area (TPSA) is 61.5 Å². The highest BCUT2D eigenvalue weighted by Crippen LogP contribution is 2.55. The molecule has 0 saturated heterocycles. The highest BCUT2D eigenvalue weighted by Gasteiger charge is 2.51. The molecule has 0 aromatic rings. The van der Waals surface area contributed by atoms with Crippen LogP contribution in [0, 0.1) is 0 Å². The molecular weight excluding hydrogens is 246 g/mol. The van der Waals surface area contributed by atoms with Crippen molar-refractivity contribution in [3.63, 3.8) is 0 Å². The summed E-state index contributed by atoms with van der Waals surface area (Å²) in [4.78, 5) is 0. The van der Waals surface area contributed by atoms with Gasteiger partial charge in [0.05, 0.1) is 13.2 Å². The number of nitrogens with two attached hydrogens (primary N) is 1. The first-order valence-electron chi connectivity index (χ1n) is 4.99. The maximum absolute atomic E-state index is 12.3. The second-order valence-electron chi connectivity index (χ2n) is 3.19. The monoisotopic (exact) mass is 263 g/mol. The number of hydrogen-bond donors (Lipinski definition) is 1. The Kier molecular flexibility index (Phi) is 6.55. The third kappa shape index (κ3) is 4.82. The molecule has 16 heavy (non-hydrogen) atoms. The Labute approximate surface area is 92.8 Å². The van der Waals surface area contributed by atoms with E-state index in [1.807, 2.05) is 0 Å². The third-order valence-electron chi connectivity index (χ3n) is 1.63. The second-order valence-corrected chi connectivity index (χ2v) is 5.35. The first-order valence-corrected chi connectivity index (χ1v) is 6.60. The Morgan fingerprint density at radius 1 is 1.19 bits per heavy atom. The van der Waals surface area contributed by atoms with Crippen LogP contribution in [0.2, 0.25) is 0 Å². The van der Waals surface area contributed by atoms with Crippen molar-refractivity contribution in [3.8, 4) is 0 Å². The standard InChI is InChI=1S/C8H17F3NO3P/c1-3-5-14-16(13,15-6-4-2)7(12)8(9,10)11/h7H,3-6,12H2,1-2H3. The molecule has 0 rings (SSSR count). The molecule has 0 amide bonds. The molecule has 8 heteroatoms. The van der Waals surface area contributed by atoms with Crippen LogP contribution in [0.25, 0.3) is 0 Å². The minimum absolute atomic E-state index is 0.0786. The van der Waals surface area contributed by atoms with Gasteiger partial charge < -0.3 is 14.8 Å². The van der Waals surface area contributed by atoms with E-state index in [4.69, 9.17) is 5.73 Å². The predicted molar refractivity (Wildman–Crippen MR) is 54.1 cm³/mol. The average Bonchev–Trinajstić information content (AvgIpc) is 2.21. The lowest BCUT2D eigenvalue weighted by Gasteiger charge is -2.25. The molecular formula is C8H17F3NO3P. The molecule has 1 atom stereocenters. The van der Waals surface area contributed by atoms with Gasteiger partial charge >= 0.3 is 13.8 Å². The van der Waals surface area contributed by atoms with Gasteiger partial charge in [0.15, 0.2) is 0 Å². The van der Waals surface area contributed by atoms with Crippen LogP contribution in [-0.4, -0.2) is 25.2 Å². The Bertz CT molecular complexity index is 235. The van der Waals surface area contributed by atoms with E-state index in [9.17, 15) is 17.7 Å². The van der Waals surface area contributed by atoms with E-state index in [1.165, 1.54) is 0 Å². The van der Waals surface area contributed by atoms with Crippen LogP contribution in [0.3, 0.4) is 0 Å². The summed E-state index contributed by atoms with van der Waals surface area (Å²) < 4.78 is 58.1. The maximum Gasteiger partial charge on any atom is 0.415 e. The zero-order valence-corrected chi connectivity index (χ0v) is 10.2. The van der Waals surface area contributed by atoms with Crippen molar-refractivity contribution < 1.29 is 26.8 Å². The molecule has 0 aromatic carbocycles. The van der Waals surface area contributed by atoms with Crippen molar-refractivity contribution in [1.29, 1.82) is 0 Å². The Morgan fingerprint density at radius 2 is 1.56 bits per heavy atom. The molecule has 0 aliphatic rings. The van der Waals surface area contributed by atoms with Crippen LogP contribution < -0.4 is 5.73 Å². The van der Waals surface area contributed by atoms with Crippen molar-refractivity contribution in [2.45, 2.75) is 38.6 Å². The quantitative estimate of drug-likeness (QED) is 0.717. The molecule has 0 aromatic heterocycles. The van der Waals surface area contributed by atoms with Crippen LogP contribution in [0.15, 0.2) is 0 Å². The summed E-state index contributed by atoms with van der Waals surface area (Å²) in [5.74, 6) is -2.59. The van der Waals surface area contributed by atoms with Crippen molar-refractivity contribution in [1.82, 2.24) is 0 Å². The highest BCUT2D eigenvalue weighted by atomic mass is 31.2. The van der Waals surface area contributed by atoms with Gasteiger partial charge in [-0.05, 0) is 12.8 Å². The molecule has 0 bridgehead atoms. The van der Waals surface area contributed by atoms with Crippen LogP contribution in [-0.2, 0) is 13.6 Å². The van der Waals surface area contributed by atoms with E-state index < -0.39 is 19.6 Å². The lowest BCUT2D eigenvalue weighted by molar-refractivity contribution is -0.134. The van der Waals surface area contributed by atoms with Gasteiger partial charge in [-0.1, -0.05) is 13.8 Å². The summed E-state index contributed by atoms with van der Waals surface area (Å²) in [7, 11) is -4.31.